The summed E-state index contributed by atoms with van der Waals surface area (Å²) in [5.41, 5.74) is -0.110. The molecule has 0 aliphatic rings. The van der Waals surface area contributed by atoms with E-state index in [0.29, 0.717) is 6.61 Å². The molecule has 4 nitrogen and oxygen atoms in total. The van der Waals surface area contributed by atoms with Crippen molar-refractivity contribution in [3.8, 4) is 11.9 Å². The second-order valence-corrected chi connectivity index (χ2v) is 2.66. The fraction of sp³-hybridized carbons (Fsp3) is 0.444. The third kappa shape index (κ3) is 2.66. The Morgan fingerprint density at radius 3 is 3.07 bits per heavy atom. The maximum absolute atomic E-state index is 12.5. The van der Waals surface area contributed by atoms with E-state index in [-0.39, 0.29) is 11.6 Å². The van der Waals surface area contributed by atoms with Crippen LogP contribution in [0.1, 0.15) is 25.5 Å². The molecule has 0 atom stereocenters. The minimum atomic E-state index is -0.774. The lowest BCUT2D eigenvalue weighted by Gasteiger charge is -2.04. The Kier molecular flexibility index (Phi) is 3.80. The number of halogens is 1. The van der Waals surface area contributed by atoms with Crippen molar-refractivity contribution in [1.82, 2.24) is 9.97 Å². The lowest BCUT2D eigenvalue weighted by molar-refractivity contribution is 0.293. The molecule has 0 unspecified atom stereocenters. The number of nitrogens with zero attached hydrogens (tertiary/aromatic N) is 3. The van der Waals surface area contributed by atoms with Gasteiger partial charge in [0, 0.05) is 0 Å². The number of nitriles is 1. The summed E-state index contributed by atoms with van der Waals surface area (Å²) in [6.07, 6.45) is 2.78. The Balaban J connectivity index is 2.72. The predicted molar refractivity (Wildman–Crippen MR) is 47.1 cm³/mol. The van der Waals surface area contributed by atoms with Gasteiger partial charge in [-0.25, -0.2) is 9.97 Å². The molecule has 1 aromatic heterocycles. The molecule has 0 bridgehead atoms. The second-order valence-electron chi connectivity index (χ2n) is 2.66. The molecule has 74 valence electrons. The van der Waals surface area contributed by atoms with Crippen LogP contribution in [0, 0.1) is 17.3 Å². The average Bonchev–Trinajstić information content (AvgIpc) is 2.20. The molecule has 0 radical (unpaired) electrons. The molecule has 0 aliphatic heterocycles. The molecule has 5 heteroatoms. The van der Waals surface area contributed by atoms with Crippen LogP contribution >= 0.6 is 0 Å². The van der Waals surface area contributed by atoms with E-state index in [1.807, 2.05) is 6.92 Å². The minimum Gasteiger partial charge on any atom is -0.476 e. The number of hydrogen-bond donors (Lipinski definition) is 0. The van der Waals surface area contributed by atoms with Crippen molar-refractivity contribution in [2.75, 3.05) is 6.61 Å². The zero-order valence-electron chi connectivity index (χ0n) is 7.83. The molecule has 0 spiro atoms. The number of rotatable bonds is 4. The highest BCUT2D eigenvalue weighted by Crippen LogP contribution is 2.11. The van der Waals surface area contributed by atoms with Gasteiger partial charge in [-0.1, -0.05) is 13.3 Å². The van der Waals surface area contributed by atoms with E-state index in [4.69, 9.17) is 10.00 Å². The van der Waals surface area contributed by atoms with Crippen molar-refractivity contribution in [3.63, 3.8) is 0 Å². The predicted octanol–water partition coefficient (Wildman–Crippen LogP) is 1.67. The summed E-state index contributed by atoms with van der Waals surface area (Å²) < 4.78 is 17.7. The molecule has 0 amide bonds. The molecule has 1 heterocycles. The van der Waals surface area contributed by atoms with Crippen molar-refractivity contribution in [2.45, 2.75) is 19.8 Å². The molecule has 0 saturated carbocycles. The summed E-state index contributed by atoms with van der Waals surface area (Å²) in [7, 11) is 0. The summed E-state index contributed by atoms with van der Waals surface area (Å²) >= 11 is 0. The summed E-state index contributed by atoms with van der Waals surface area (Å²) in [5.74, 6) is -0.674. The van der Waals surface area contributed by atoms with Crippen LogP contribution in [-0.2, 0) is 0 Å². The van der Waals surface area contributed by atoms with E-state index in [2.05, 4.69) is 9.97 Å². The molecule has 0 aromatic carbocycles. The van der Waals surface area contributed by atoms with Crippen LogP contribution < -0.4 is 4.74 Å². The standard InChI is InChI=1S/C9H10FN3O/c1-2-3-4-14-9-7(5-11)13-8(10)6-12-9/h6H,2-4H2,1H3. The van der Waals surface area contributed by atoms with Gasteiger partial charge in [-0.2, -0.15) is 9.65 Å². The van der Waals surface area contributed by atoms with Crippen LogP contribution in [0.25, 0.3) is 0 Å². The van der Waals surface area contributed by atoms with Gasteiger partial charge in [0.2, 0.25) is 11.6 Å². The van der Waals surface area contributed by atoms with E-state index >= 15 is 0 Å². The Morgan fingerprint density at radius 1 is 1.64 bits per heavy atom. The molecule has 0 aliphatic carbocycles. The number of unbranched alkanes of at least 4 members (excludes halogenated alkanes) is 1. The fourth-order valence-corrected chi connectivity index (χ4v) is 0.848. The number of aromatic nitrogens is 2. The molecular weight excluding hydrogens is 185 g/mol. The molecule has 1 aromatic rings. The first-order valence-electron chi connectivity index (χ1n) is 4.33. The first-order valence-corrected chi connectivity index (χ1v) is 4.33. The first-order chi connectivity index (χ1) is 6.77. The number of hydrogen-bond acceptors (Lipinski definition) is 4. The minimum absolute atomic E-state index is 0.0994. The maximum atomic E-state index is 12.5. The van der Waals surface area contributed by atoms with E-state index in [0.717, 1.165) is 19.0 Å². The van der Waals surface area contributed by atoms with Gasteiger partial charge < -0.3 is 4.74 Å². The van der Waals surface area contributed by atoms with Gasteiger partial charge in [0.25, 0.3) is 5.88 Å². The van der Waals surface area contributed by atoms with E-state index in [1.54, 1.807) is 6.07 Å². The highest BCUT2D eigenvalue weighted by molar-refractivity contribution is 5.30. The van der Waals surface area contributed by atoms with Crippen LogP contribution in [0.5, 0.6) is 5.88 Å². The van der Waals surface area contributed by atoms with Crippen molar-refractivity contribution in [1.29, 1.82) is 5.26 Å². The third-order valence-corrected chi connectivity index (χ3v) is 1.55. The molecule has 0 saturated heterocycles. The first kappa shape index (κ1) is 10.4. The monoisotopic (exact) mass is 195 g/mol. The van der Waals surface area contributed by atoms with Crippen LogP contribution in [0.2, 0.25) is 0 Å². The van der Waals surface area contributed by atoms with Crippen molar-refractivity contribution >= 4 is 0 Å². The van der Waals surface area contributed by atoms with Crippen molar-refractivity contribution in [3.05, 3.63) is 17.8 Å². The Labute approximate surface area is 81.4 Å². The van der Waals surface area contributed by atoms with Crippen LogP contribution in [0.4, 0.5) is 4.39 Å². The van der Waals surface area contributed by atoms with Crippen molar-refractivity contribution < 1.29 is 9.13 Å². The van der Waals surface area contributed by atoms with Gasteiger partial charge >= 0.3 is 0 Å². The van der Waals surface area contributed by atoms with Gasteiger partial charge in [0.05, 0.1) is 12.8 Å². The SMILES string of the molecule is CCCCOc1ncc(F)nc1C#N. The highest BCUT2D eigenvalue weighted by Gasteiger charge is 2.07. The average molecular weight is 195 g/mol. The highest BCUT2D eigenvalue weighted by atomic mass is 19.1. The van der Waals surface area contributed by atoms with Gasteiger partial charge in [-0.05, 0) is 6.42 Å². The third-order valence-electron chi connectivity index (χ3n) is 1.55. The summed E-state index contributed by atoms with van der Waals surface area (Å²) in [5, 5.41) is 8.60. The van der Waals surface area contributed by atoms with Gasteiger partial charge in [0.15, 0.2) is 0 Å². The Morgan fingerprint density at radius 2 is 2.43 bits per heavy atom. The number of ether oxygens (including phenoxy) is 1. The molecule has 0 fully saturated rings. The Bertz CT molecular complexity index is 348. The fourth-order valence-electron chi connectivity index (χ4n) is 0.848. The second kappa shape index (κ2) is 5.12. The quantitative estimate of drug-likeness (QED) is 0.685. The lowest BCUT2D eigenvalue weighted by Crippen LogP contribution is -2.03. The Hall–Kier alpha value is -1.70. The topological polar surface area (TPSA) is 58.8 Å². The largest absolute Gasteiger partial charge is 0.476 e. The zero-order valence-corrected chi connectivity index (χ0v) is 7.83. The van der Waals surface area contributed by atoms with Gasteiger partial charge in [0.1, 0.15) is 6.07 Å². The van der Waals surface area contributed by atoms with Gasteiger partial charge in [-0.15, -0.1) is 0 Å². The van der Waals surface area contributed by atoms with E-state index in [1.165, 1.54) is 0 Å². The van der Waals surface area contributed by atoms with Crippen molar-refractivity contribution in [2.24, 2.45) is 0 Å². The maximum Gasteiger partial charge on any atom is 0.251 e. The molecule has 14 heavy (non-hydrogen) atoms. The molecule has 1 rings (SSSR count). The lowest BCUT2D eigenvalue weighted by atomic mass is 10.4. The molecular formula is C9H10FN3O. The van der Waals surface area contributed by atoms with E-state index < -0.39 is 5.95 Å². The summed E-state index contributed by atoms with van der Waals surface area (Å²) in [4.78, 5) is 6.99. The van der Waals surface area contributed by atoms with Crippen LogP contribution in [-0.4, -0.2) is 16.6 Å². The van der Waals surface area contributed by atoms with Crippen LogP contribution in [0.15, 0.2) is 6.20 Å². The van der Waals surface area contributed by atoms with Gasteiger partial charge in [-0.3, -0.25) is 0 Å². The summed E-state index contributed by atoms with van der Waals surface area (Å²) in [6.45, 7) is 2.48. The normalized spacial score (nSPS) is 9.50. The zero-order chi connectivity index (χ0) is 10.4. The smallest absolute Gasteiger partial charge is 0.251 e. The van der Waals surface area contributed by atoms with E-state index in [9.17, 15) is 4.39 Å². The summed E-state index contributed by atoms with van der Waals surface area (Å²) in [6, 6.07) is 1.72. The van der Waals surface area contributed by atoms with Crippen LogP contribution in [0.3, 0.4) is 0 Å². The molecule has 0 N–H and O–H groups in total.